The Kier molecular flexibility index (Phi) is 11.1. The van der Waals surface area contributed by atoms with Crippen LogP contribution >= 0.6 is 35.7 Å². The number of thioether (sulfide) groups is 1. The molecule has 0 bridgehead atoms. The van der Waals surface area contributed by atoms with E-state index in [2.05, 4.69) is 45.5 Å². The molecule has 1 heterocycles. The molecule has 0 amide bonds. The Balaban J connectivity index is 0.00000300. The second kappa shape index (κ2) is 13.0. The minimum Gasteiger partial charge on any atom is -0.382 e. The van der Waals surface area contributed by atoms with Crippen molar-refractivity contribution in [2.75, 3.05) is 53.6 Å². The predicted octanol–water partition coefficient (Wildman–Crippen LogP) is 4.27. The van der Waals surface area contributed by atoms with Crippen LogP contribution in [0.1, 0.15) is 32.1 Å². The van der Waals surface area contributed by atoms with Gasteiger partial charge in [-0.2, -0.15) is 0 Å². The highest BCUT2D eigenvalue weighted by Crippen LogP contribution is 2.44. The third kappa shape index (κ3) is 7.60. The van der Waals surface area contributed by atoms with Crippen molar-refractivity contribution < 1.29 is 9.47 Å². The molecule has 1 saturated carbocycles. The van der Waals surface area contributed by atoms with Crippen molar-refractivity contribution in [3.8, 4) is 0 Å². The van der Waals surface area contributed by atoms with Crippen LogP contribution in [0, 0.1) is 5.92 Å². The lowest BCUT2D eigenvalue weighted by molar-refractivity contribution is 0.0536. The van der Waals surface area contributed by atoms with E-state index in [1.807, 2.05) is 18.8 Å². The first-order valence-electron chi connectivity index (χ1n) is 10.5. The number of methoxy groups -OCH3 is 1. The standard InChI is InChI=1S/C22H35N3O2S.HI/c1-23-21(25-13-10-19(16-25)17-27-15-14-26-2)24-18-22(11-6-7-12-22)28-20-8-4-3-5-9-20;/h3-5,8-9,19H,6-7,10-18H2,1-2H3,(H,23,24);1H. The maximum Gasteiger partial charge on any atom is 0.193 e. The molecule has 1 unspecified atom stereocenters. The maximum atomic E-state index is 5.73. The summed E-state index contributed by atoms with van der Waals surface area (Å²) >= 11 is 2.04. The highest BCUT2D eigenvalue weighted by molar-refractivity contribution is 14.0. The SMILES string of the molecule is CN=C(NCC1(Sc2ccccc2)CCCC1)N1CCC(COCCOC)C1.I. The Morgan fingerprint density at radius 3 is 2.69 bits per heavy atom. The Hall–Kier alpha value is -0.510. The number of nitrogens with zero attached hydrogens (tertiary/aromatic N) is 2. The van der Waals surface area contributed by atoms with Crippen LogP contribution in [0.2, 0.25) is 0 Å². The molecule has 0 radical (unpaired) electrons. The van der Waals surface area contributed by atoms with Gasteiger partial charge in [0.05, 0.1) is 19.8 Å². The van der Waals surface area contributed by atoms with Crippen molar-refractivity contribution >= 4 is 41.7 Å². The smallest absolute Gasteiger partial charge is 0.193 e. The van der Waals surface area contributed by atoms with Crippen LogP contribution < -0.4 is 5.32 Å². The zero-order valence-electron chi connectivity index (χ0n) is 17.8. The summed E-state index contributed by atoms with van der Waals surface area (Å²) in [6.07, 6.45) is 6.35. The zero-order valence-corrected chi connectivity index (χ0v) is 20.9. The van der Waals surface area contributed by atoms with Crippen LogP contribution in [-0.4, -0.2) is 69.2 Å². The molecule has 1 saturated heterocycles. The average Bonchev–Trinajstić information content (AvgIpc) is 3.37. The minimum absolute atomic E-state index is 0. The van der Waals surface area contributed by atoms with Crippen molar-refractivity contribution in [3.05, 3.63) is 30.3 Å². The molecule has 3 rings (SSSR count). The highest BCUT2D eigenvalue weighted by Gasteiger charge is 2.36. The second-order valence-electron chi connectivity index (χ2n) is 7.87. The molecule has 0 spiro atoms. The molecule has 1 N–H and O–H groups in total. The molecule has 1 aliphatic heterocycles. The summed E-state index contributed by atoms with van der Waals surface area (Å²) in [5.74, 6) is 1.62. The number of hydrogen-bond donors (Lipinski definition) is 1. The van der Waals surface area contributed by atoms with Crippen molar-refractivity contribution in [2.24, 2.45) is 10.9 Å². The molecule has 1 aromatic rings. The predicted molar refractivity (Wildman–Crippen MR) is 133 cm³/mol. The Morgan fingerprint density at radius 1 is 1.24 bits per heavy atom. The van der Waals surface area contributed by atoms with Gasteiger partial charge >= 0.3 is 0 Å². The van der Waals surface area contributed by atoms with Gasteiger partial charge in [0.2, 0.25) is 0 Å². The highest BCUT2D eigenvalue weighted by atomic mass is 127. The van der Waals surface area contributed by atoms with E-state index in [-0.39, 0.29) is 28.7 Å². The van der Waals surface area contributed by atoms with E-state index in [1.54, 1.807) is 7.11 Å². The summed E-state index contributed by atoms with van der Waals surface area (Å²) in [5.41, 5.74) is 0. The second-order valence-corrected chi connectivity index (χ2v) is 9.42. The van der Waals surface area contributed by atoms with Crippen LogP contribution in [0.3, 0.4) is 0 Å². The molecule has 2 aliphatic rings. The maximum absolute atomic E-state index is 5.73. The van der Waals surface area contributed by atoms with Crippen molar-refractivity contribution in [1.82, 2.24) is 10.2 Å². The number of likely N-dealkylation sites (tertiary alicyclic amines) is 1. The number of ether oxygens (including phenoxy) is 2. The van der Waals surface area contributed by atoms with E-state index in [9.17, 15) is 0 Å². The fourth-order valence-electron chi connectivity index (χ4n) is 4.20. The number of benzene rings is 1. The molecule has 164 valence electrons. The summed E-state index contributed by atoms with van der Waals surface area (Å²) in [6, 6.07) is 10.8. The monoisotopic (exact) mass is 533 g/mol. The van der Waals surface area contributed by atoms with Crippen molar-refractivity contribution in [1.29, 1.82) is 0 Å². The minimum atomic E-state index is 0. The van der Waals surface area contributed by atoms with Gasteiger partial charge in [0.15, 0.2) is 5.96 Å². The molecular formula is C22H36IN3O2S. The van der Waals surface area contributed by atoms with E-state index in [0.717, 1.165) is 38.6 Å². The molecule has 7 heteroatoms. The van der Waals surface area contributed by atoms with Crippen LogP contribution in [-0.2, 0) is 9.47 Å². The summed E-state index contributed by atoms with van der Waals surface area (Å²) in [7, 11) is 3.61. The lowest BCUT2D eigenvalue weighted by atomic mass is 10.1. The molecular weight excluding hydrogens is 497 g/mol. The first kappa shape index (κ1) is 24.8. The zero-order chi connectivity index (χ0) is 19.7. The summed E-state index contributed by atoms with van der Waals surface area (Å²) in [5, 5.41) is 3.71. The molecule has 1 aromatic carbocycles. The molecule has 0 aromatic heterocycles. The summed E-state index contributed by atoms with van der Waals surface area (Å²) in [4.78, 5) is 8.33. The van der Waals surface area contributed by atoms with Crippen molar-refractivity contribution in [3.63, 3.8) is 0 Å². The van der Waals surface area contributed by atoms with E-state index in [4.69, 9.17) is 9.47 Å². The van der Waals surface area contributed by atoms with Gasteiger partial charge in [0, 0.05) is 49.4 Å². The van der Waals surface area contributed by atoms with E-state index in [0.29, 0.717) is 19.1 Å². The Labute approximate surface area is 197 Å². The van der Waals surface area contributed by atoms with Gasteiger partial charge in [0.1, 0.15) is 0 Å². The summed E-state index contributed by atoms with van der Waals surface area (Å²) in [6.45, 7) is 5.21. The third-order valence-corrected chi connectivity index (χ3v) is 7.24. The number of rotatable bonds is 9. The average molecular weight is 534 g/mol. The van der Waals surface area contributed by atoms with Crippen LogP contribution in [0.4, 0.5) is 0 Å². The fraction of sp³-hybridized carbons (Fsp3) is 0.682. The fourth-order valence-corrected chi connectivity index (χ4v) is 5.63. The number of nitrogens with one attached hydrogen (secondary N) is 1. The normalized spacial score (nSPS) is 21.2. The van der Waals surface area contributed by atoms with Gasteiger partial charge in [-0.15, -0.1) is 35.7 Å². The van der Waals surface area contributed by atoms with Gasteiger partial charge in [-0.25, -0.2) is 0 Å². The molecule has 1 aliphatic carbocycles. The van der Waals surface area contributed by atoms with E-state index in [1.165, 1.54) is 30.6 Å². The first-order valence-corrected chi connectivity index (χ1v) is 11.3. The van der Waals surface area contributed by atoms with Crippen LogP contribution in [0.15, 0.2) is 40.2 Å². The first-order chi connectivity index (χ1) is 13.7. The van der Waals surface area contributed by atoms with Crippen LogP contribution in [0.5, 0.6) is 0 Å². The largest absolute Gasteiger partial charge is 0.382 e. The van der Waals surface area contributed by atoms with Gasteiger partial charge < -0.3 is 19.7 Å². The van der Waals surface area contributed by atoms with Crippen molar-refractivity contribution in [2.45, 2.75) is 41.7 Å². The quantitative estimate of drug-likeness (QED) is 0.222. The molecule has 1 atom stereocenters. The van der Waals surface area contributed by atoms with Gasteiger partial charge in [-0.05, 0) is 31.4 Å². The van der Waals surface area contributed by atoms with Gasteiger partial charge in [0.25, 0.3) is 0 Å². The molecule has 5 nitrogen and oxygen atoms in total. The number of hydrogen-bond acceptors (Lipinski definition) is 4. The van der Waals surface area contributed by atoms with Gasteiger partial charge in [-0.1, -0.05) is 31.0 Å². The Bertz CT molecular complexity index is 611. The van der Waals surface area contributed by atoms with E-state index < -0.39 is 0 Å². The third-order valence-electron chi connectivity index (χ3n) is 5.74. The van der Waals surface area contributed by atoms with Crippen LogP contribution in [0.25, 0.3) is 0 Å². The number of halogens is 1. The topological polar surface area (TPSA) is 46.1 Å². The Morgan fingerprint density at radius 2 is 2.00 bits per heavy atom. The molecule has 2 fully saturated rings. The number of guanidine groups is 1. The lowest BCUT2D eigenvalue weighted by Gasteiger charge is -2.31. The summed E-state index contributed by atoms with van der Waals surface area (Å²) < 4.78 is 11.1. The molecule has 29 heavy (non-hydrogen) atoms. The van der Waals surface area contributed by atoms with E-state index >= 15 is 0 Å². The lowest BCUT2D eigenvalue weighted by Crippen LogP contribution is -2.46. The van der Waals surface area contributed by atoms with Gasteiger partial charge in [-0.3, -0.25) is 4.99 Å². The number of aliphatic imine (C=N–C) groups is 1.